The molecule has 0 radical (unpaired) electrons. The molecule has 6 nitrogen and oxygen atoms in total. The first-order chi connectivity index (χ1) is 12.8. The molecular formula is C20H29N3O3S. The maximum absolute atomic E-state index is 12.0. The van der Waals surface area contributed by atoms with Crippen LogP contribution in [0.5, 0.6) is 11.5 Å². The van der Waals surface area contributed by atoms with Gasteiger partial charge in [0.05, 0.1) is 12.6 Å². The smallest absolute Gasteiger partial charge is 0.262 e. The first-order valence-corrected chi connectivity index (χ1v) is 9.98. The molecule has 0 aliphatic rings. The van der Waals surface area contributed by atoms with Gasteiger partial charge in [-0.15, -0.1) is 11.3 Å². The Kier molecular flexibility index (Phi) is 7.62. The largest absolute Gasteiger partial charge is 0.490 e. The molecule has 0 spiro atoms. The molecule has 1 N–H and O–H groups in total. The van der Waals surface area contributed by atoms with Gasteiger partial charge >= 0.3 is 0 Å². The summed E-state index contributed by atoms with van der Waals surface area (Å²) in [6.45, 7) is 8.99. The number of likely N-dealkylation sites (N-methyl/N-ethyl adjacent to an activating group) is 1. The Morgan fingerprint density at radius 1 is 1.30 bits per heavy atom. The van der Waals surface area contributed by atoms with Gasteiger partial charge in [0.25, 0.3) is 5.91 Å². The highest BCUT2D eigenvalue weighted by molar-refractivity contribution is 7.09. The first-order valence-electron chi connectivity index (χ1n) is 9.10. The van der Waals surface area contributed by atoms with Gasteiger partial charge in [-0.2, -0.15) is 0 Å². The highest BCUT2D eigenvalue weighted by Crippen LogP contribution is 2.30. The minimum absolute atomic E-state index is 0.0873. The third-order valence-electron chi connectivity index (χ3n) is 4.02. The highest BCUT2D eigenvalue weighted by Gasteiger charge is 2.19. The number of nitrogens with one attached hydrogen (secondary N) is 1. The summed E-state index contributed by atoms with van der Waals surface area (Å²) in [6, 6.07) is 5.98. The van der Waals surface area contributed by atoms with Crippen molar-refractivity contribution >= 4 is 17.2 Å². The molecule has 1 aromatic carbocycles. The van der Waals surface area contributed by atoms with Gasteiger partial charge in [-0.1, -0.05) is 6.07 Å². The maximum Gasteiger partial charge on any atom is 0.262 e. The zero-order valence-corrected chi connectivity index (χ0v) is 17.7. The molecule has 148 valence electrons. The molecule has 2 rings (SSSR count). The van der Waals surface area contributed by atoms with E-state index in [1.807, 2.05) is 32.0 Å². The molecule has 0 fully saturated rings. The minimum atomic E-state index is -0.573. The monoisotopic (exact) mass is 391 g/mol. The van der Waals surface area contributed by atoms with Crippen molar-refractivity contribution in [2.45, 2.75) is 46.4 Å². The lowest BCUT2D eigenvalue weighted by Crippen LogP contribution is -2.35. The summed E-state index contributed by atoms with van der Waals surface area (Å²) in [5, 5.41) is 6.62. The van der Waals surface area contributed by atoms with E-state index >= 15 is 0 Å². The molecule has 27 heavy (non-hydrogen) atoms. The van der Waals surface area contributed by atoms with Gasteiger partial charge in [-0.3, -0.25) is 4.79 Å². The number of hydrogen-bond donors (Lipinski definition) is 1. The van der Waals surface area contributed by atoms with Gasteiger partial charge in [0.2, 0.25) is 0 Å². The topological polar surface area (TPSA) is 63.7 Å². The van der Waals surface area contributed by atoms with E-state index in [9.17, 15) is 4.79 Å². The zero-order valence-electron chi connectivity index (χ0n) is 16.9. The Hall–Kier alpha value is -2.12. The Balaban J connectivity index is 2.06. The predicted molar refractivity (Wildman–Crippen MR) is 109 cm³/mol. The van der Waals surface area contributed by atoms with E-state index in [1.54, 1.807) is 32.4 Å². The van der Waals surface area contributed by atoms with Crippen LogP contribution < -0.4 is 14.8 Å². The lowest BCUT2D eigenvalue weighted by atomic mass is 10.2. The van der Waals surface area contributed by atoms with Crippen molar-refractivity contribution in [2.75, 3.05) is 20.7 Å². The molecule has 0 saturated carbocycles. The van der Waals surface area contributed by atoms with Gasteiger partial charge in [-0.05, 0) is 45.4 Å². The maximum atomic E-state index is 12.0. The number of ether oxygens (including phenoxy) is 2. The number of rotatable bonds is 9. The quantitative estimate of drug-likeness (QED) is 0.708. The average molecular weight is 392 g/mol. The number of amides is 1. The Morgan fingerprint density at radius 3 is 2.63 bits per heavy atom. The summed E-state index contributed by atoms with van der Waals surface area (Å²) in [7, 11) is 3.43. The molecule has 0 bridgehead atoms. The molecule has 1 aromatic heterocycles. The molecule has 0 saturated heterocycles. The number of carbonyl (C=O) groups excluding carboxylic acids is 1. The van der Waals surface area contributed by atoms with Gasteiger partial charge in [0, 0.05) is 31.7 Å². The average Bonchev–Trinajstić information content (AvgIpc) is 3.07. The molecule has 1 heterocycles. The third-order valence-corrected chi connectivity index (χ3v) is 5.17. The van der Waals surface area contributed by atoms with Gasteiger partial charge in [0.15, 0.2) is 17.6 Å². The van der Waals surface area contributed by atoms with E-state index in [1.165, 1.54) is 4.90 Å². The van der Waals surface area contributed by atoms with Gasteiger partial charge in [0.1, 0.15) is 5.01 Å². The summed E-state index contributed by atoms with van der Waals surface area (Å²) in [5.74, 6) is 1.13. The molecule has 2 aromatic rings. The second kappa shape index (κ2) is 9.71. The number of hydrogen-bond acceptors (Lipinski definition) is 6. The van der Waals surface area contributed by atoms with Crippen LogP contribution in [0.3, 0.4) is 0 Å². The summed E-state index contributed by atoms with van der Waals surface area (Å²) in [4.78, 5) is 18.1. The van der Waals surface area contributed by atoms with Crippen LogP contribution in [0.15, 0.2) is 23.6 Å². The predicted octanol–water partition coefficient (Wildman–Crippen LogP) is 3.56. The van der Waals surface area contributed by atoms with Crippen LogP contribution in [0.25, 0.3) is 0 Å². The van der Waals surface area contributed by atoms with Crippen LogP contribution in [0.2, 0.25) is 0 Å². The molecule has 7 heteroatoms. The summed E-state index contributed by atoms with van der Waals surface area (Å²) in [5.41, 5.74) is 2.13. The molecule has 0 aliphatic heterocycles. The van der Waals surface area contributed by atoms with E-state index < -0.39 is 6.10 Å². The standard InChI is InChI=1S/C20H29N3O3S/c1-7-25-18-10-16(11-21-14(3)19-22-13(2)12-27-19)8-9-17(18)26-15(4)20(24)23(5)6/h8-10,12,14-15,21H,7,11H2,1-6H3. The number of carbonyl (C=O) groups is 1. The van der Waals surface area contributed by atoms with E-state index in [2.05, 4.69) is 22.6 Å². The van der Waals surface area contributed by atoms with Crippen molar-refractivity contribution in [1.29, 1.82) is 0 Å². The lowest BCUT2D eigenvalue weighted by molar-refractivity contribution is -0.135. The number of thiazole rings is 1. The lowest BCUT2D eigenvalue weighted by Gasteiger charge is -2.20. The van der Waals surface area contributed by atoms with Gasteiger partial charge < -0.3 is 19.7 Å². The summed E-state index contributed by atoms with van der Waals surface area (Å²) in [6.07, 6.45) is -0.573. The second-order valence-electron chi connectivity index (χ2n) is 6.64. The normalized spacial score (nSPS) is 13.1. The van der Waals surface area contributed by atoms with Crippen LogP contribution in [0, 0.1) is 6.92 Å². The molecule has 2 unspecified atom stereocenters. The third kappa shape index (κ3) is 5.94. The van der Waals surface area contributed by atoms with Crippen LogP contribution in [0.4, 0.5) is 0 Å². The number of nitrogens with zero attached hydrogens (tertiary/aromatic N) is 2. The number of benzene rings is 1. The fourth-order valence-corrected chi connectivity index (χ4v) is 3.39. The minimum Gasteiger partial charge on any atom is -0.490 e. The zero-order chi connectivity index (χ0) is 20.0. The fourth-order valence-electron chi connectivity index (χ4n) is 2.56. The molecule has 0 aliphatic carbocycles. The van der Waals surface area contributed by atoms with E-state index in [4.69, 9.17) is 9.47 Å². The first kappa shape index (κ1) is 21.2. The summed E-state index contributed by atoms with van der Waals surface area (Å²) >= 11 is 1.66. The van der Waals surface area contributed by atoms with Crippen LogP contribution in [-0.4, -0.2) is 42.6 Å². The Morgan fingerprint density at radius 2 is 2.04 bits per heavy atom. The SMILES string of the molecule is CCOc1cc(CNC(C)c2nc(C)cs2)ccc1OC(C)C(=O)N(C)C. The molecular weight excluding hydrogens is 362 g/mol. The molecule has 1 amide bonds. The van der Waals surface area contributed by atoms with Crippen molar-refractivity contribution < 1.29 is 14.3 Å². The van der Waals surface area contributed by atoms with Crippen molar-refractivity contribution in [1.82, 2.24) is 15.2 Å². The van der Waals surface area contributed by atoms with E-state index in [0.29, 0.717) is 24.7 Å². The Bertz CT molecular complexity index is 761. The van der Waals surface area contributed by atoms with Gasteiger partial charge in [-0.25, -0.2) is 4.98 Å². The highest BCUT2D eigenvalue weighted by atomic mass is 32.1. The van der Waals surface area contributed by atoms with Crippen LogP contribution in [-0.2, 0) is 11.3 Å². The van der Waals surface area contributed by atoms with E-state index in [-0.39, 0.29) is 11.9 Å². The van der Waals surface area contributed by atoms with E-state index in [0.717, 1.165) is 16.3 Å². The second-order valence-corrected chi connectivity index (χ2v) is 7.53. The van der Waals surface area contributed by atoms with Crippen molar-refractivity contribution in [3.05, 3.63) is 39.8 Å². The van der Waals surface area contributed by atoms with Crippen LogP contribution >= 0.6 is 11.3 Å². The summed E-state index contributed by atoms with van der Waals surface area (Å²) < 4.78 is 11.6. The molecule has 2 atom stereocenters. The van der Waals surface area contributed by atoms with Crippen molar-refractivity contribution in [3.8, 4) is 11.5 Å². The number of aromatic nitrogens is 1. The van der Waals surface area contributed by atoms with Crippen molar-refractivity contribution in [2.24, 2.45) is 0 Å². The fraction of sp³-hybridized carbons (Fsp3) is 0.500. The van der Waals surface area contributed by atoms with Crippen molar-refractivity contribution in [3.63, 3.8) is 0 Å². The number of aryl methyl sites for hydroxylation is 1. The Labute approximate surface area is 165 Å². The van der Waals surface area contributed by atoms with Crippen LogP contribution in [0.1, 0.15) is 43.1 Å².